The predicted octanol–water partition coefficient (Wildman–Crippen LogP) is 3.94. The first-order valence-electron chi connectivity index (χ1n) is 6.87. The molecule has 1 heterocycles. The van der Waals surface area contributed by atoms with Crippen LogP contribution >= 0.6 is 11.6 Å². The molecule has 1 unspecified atom stereocenters. The maximum atomic E-state index is 10.5. The van der Waals surface area contributed by atoms with Crippen LogP contribution in [0, 0.1) is 20.8 Å². The van der Waals surface area contributed by atoms with Crippen LogP contribution in [0.4, 0.5) is 0 Å². The van der Waals surface area contributed by atoms with Crippen LogP contribution in [0.2, 0.25) is 5.02 Å². The summed E-state index contributed by atoms with van der Waals surface area (Å²) in [4.78, 5) is 4.42. The molecule has 21 heavy (non-hydrogen) atoms. The minimum atomic E-state index is -0.684. The number of nitrogens with zero attached hydrogens (tertiary/aromatic N) is 1. The summed E-state index contributed by atoms with van der Waals surface area (Å²) in [6.07, 6.45) is 1.49. The average molecular weight is 306 g/mol. The fourth-order valence-corrected chi connectivity index (χ4v) is 2.75. The Morgan fingerprint density at radius 2 is 1.95 bits per heavy atom. The number of rotatable bonds is 4. The molecule has 1 aromatic carbocycles. The van der Waals surface area contributed by atoms with Crippen molar-refractivity contribution in [1.82, 2.24) is 4.98 Å². The highest BCUT2D eigenvalue weighted by Gasteiger charge is 2.17. The number of hydrogen-bond acceptors (Lipinski definition) is 3. The molecule has 1 N–H and O–H groups in total. The van der Waals surface area contributed by atoms with Gasteiger partial charge in [0.1, 0.15) is 5.75 Å². The molecule has 1 aromatic heterocycles. The van der Waals surface area contributed by atoms with Crippen LogP contribution in [-0.4, -0.2) is 17.2 Å². The fraction of sp³-hybridized carbons (Fsp3) is 0.353. The molecule has 1 atom stereocenters. The van der Waals surface area contributed by atoms with Gasteiger partial charge in [0.05, 0.1) is 13.2 Å². The van der Waals surface area contributed by atoms with Gasteiger partial charge < -0.3 is 9.84 Å². The van der Waals surface area contributed by atoms with E-state index in [0.29, 0.717) is 11.4 Å². The van der Waals surface area contributed by atoms with Gasteiger partial charge in [0.15, 0.2) is 0 Å². The molecule has 0 saturated heterocycles. The third-order valence-corrected chi connectivity index (χ3v) is 4.23. The Labute approximate surface area is 130 Å². The Morgan fingerprint density at radius 3 is 2.62 bits per heavy atom. The minimum Gasteiger partial charge on any atom is -0.496 e. The van der Waals surface area contributed by atoms with Crippen molar-refractivity contribution < 1.29 is 9.84 Å². The summed E-state index contributed by atoms with van der Waals surface area (Å²) in [6.45, 7) is 5.84. The lowest BCUT2D eigenvalue weighted by Gasteiger charge is -2.17. The Kier molecular flexibility index (Phi) is 4.86. The monoisotopic (exact) mass is 305 g/mol. The van der Waals surface area contributed by atoms with Gasteiger partial charge in [-0.15, -0.1) is 0 Å². The largest absolute Gasteiger partial charge is 0.496 e. The summed E-state index contributed by atoms with van der Waals surface area (Å²) in [7, 11) is 1.65. The SMILES string of the molecule is COc1c(C)cnc(CC(O)c2cccc(C)c2Cl)c1C. The second-order valence-electron chi connectivity index (χ2n) is 5.24. The van der Waals surface area contributed by atoms with E-state index in [4.69, 9.17) is 16.3 Å². The van der Waals surface area contributed by atoms with Gasteiger partial charge in [-0.1, -0.05) is 29.8 Å². The standard InChI is InChI=1S/C17H20ClNO2/c1-10-6-5-7-13(16(10)18)15(20)8-14-12(3)17(21-4)11(2)9-19-14/h5-7,9,15,20H,8H2,1-4H3. The minimum absolute atomic E-state index is 0.408. The third kappa shape index (κ3) is 3.20. The fourth-order valence-electron chi connectivity index (χ4n) is 2.50. The first-order valence-corrected chi connectivity index (χ1v) is 7.25. The first kappa shape index (κ1) is 15.8. The number of aliphatic hydroxyl groups is 1. The Bertz CT molecular complexity index is 655. The van der Waals surface area contributed by atoms with Gasteiger partial charge in [-0.3, -0.25) is 4.98 Å². The van der Waals surface area contributed by atoms with E-state index in [0.717, 1.165) is 33.7 Å². The molecular formula is C17H20ClNO2. The van der Waals surface area contributed by atoms with E-state index in [1.165, 1.54) is 0 Å². The van der Waals surface area contributed by atoms with Crippen molar-refractivity contribution in [3.05, 3.63) is 57.4 Å². The molecule has 4 heteroatoms. The summed E-state index contributed by atoms with van der Waals surface area (Å²) in [5, 5.41) is 11.1. The van der Waals surface area contributed by atoms with Crippen LogP contribution < -0.4 is 4.74 Å². The number of ether oxygens (including phenoxy) is 1. The highest BCUT2D eigenvalue weighted by atomic mass is 35.5. The zero-order valence-corrected chi connectivity index (χ0v) is 13.5. The molecule has 0 bridgehead atoms. The maximum absolute atomic E-state index is 10.5. The molecular weight excluding hydrogens is 286 g/mol. The van der Waals surface area contributed by atoms with Crippen molar-refractivity contribution in [2.75, 3.05) is 7.11 Å². The van der Waals surface area contributed by atoms with E-state index < -0.39 is 6.10 Å². The molecule has 112 valence electrons. The molecule has 3 nitrogen and oxygen atoms in total. The topological polar surface area (TPSA) is 42.4 Å². The number of pyridine rings is 1. The normalized spacial score (nSPS) is 12.3. The molecule has 0 fully saturated rings. The molecule has 0 aliphatic rings. The summed E-state index contributed by atoms with van der Waals surface area (Å²) >= 11 is 6.27. The molecule has 2 aromatic rings. The molecule has 0 amide bonds. The molecule has 2 rings (SSSR count). The van der Waals surface area contributed by atoms with Crippen molar-refractivity contribution in [2.24, 2.45) is 0 Å². The number of halogens is 1. The lowest BCUT2D eigenvalue weighted by Crippen LogP contribution is -2.07. The van der Waals surface area contributed by atoms with E-state index in [9.17, 15) is 5.11 Å². The molecule has 0 spiro atoms. The summed E-state index contributed by atoms with van der Waals surface area (Å²) in [5.74, 6) is 0.822. The van der Waals surface area contributed by atoms with Crippen molar-refractivity contribution in [2.45, 2.75) is 33.3 Å². The van der Waals surface area contributed by atoms with Gasteiger partial charge in [-0.25, -0.2) is 0 Å². The Morgan fingerprint density at radius 1 is 1.24 bits per heavy atom. The van der Waals surface area contributed by atoms with E-state index in [1.54, 1.807) is 13.3 Å². The number of methoxy groups -OCH3 is 1. The second kappa shape index (κ2) is 6.46. The van der Waals surface area contributed by atoms with E-state index in [-0.39, 0.29) is 0 Å². The molecule has 0 saturated carbocycles. The van der Waals surface area contributed by atoms with Crippen LogP contribution in [0.5, 0.6) is 5.75 Å². The number of aliphatic hydroxyl groups excluding tert-OH is 1. The number of aromatic nitrogens is 1. The average Bonchev–Trinajstić information content (AvgIpc) is 2.45. The van der Waals surface area contributed by atoms with Crippen LogP contribution in [0.25, 0.3) is 0 Å². The van der Waals surface area contributed by atoms with Gasteiger partial charge in [0, 0.05) is 34.5 Å². The van der Waals surface area contributed by atoms with Crippen molar-refractivity contribution in [3.8, 4) is 5.75 Å². The van der Waals surface area contributed by atoms with Crippen LogP contribution in [0.3, 0.4) is 0 Å². The Balaban J connectivity index is 2.32. The maximum Gasteiger partial charge on any atom is 0.128 e. The Hall–Kier alpha value is -1.58. The van der Waals surface area contributed by atoms with Gasteiger partial charge in [0.25, 0.3) is 0 Å². The number of aryl methyl sites for hydroxylation is 2. The van der Waals surface area contributed by atoms with Gasteiger partial charge in [-0.05, 0) is 31.9 Å². The predicted molar refractivity (Wildman–Crippen MR) is 85.1 cm³/mol. The summed E-state index contributed by atoms with van der Waals surface area (Å²) < 4.78 is 5.40. The van der Waals surface area contributed by atoms with Crippen LogP contribution in [0.1, 0.15) is 34.1 Å². The molecule has 0 aliphatic carbocycles. The number of hydrogen-bond donors (Lipinski definition) is 1. The van der Waals surface area contributed by atoms with Gasteiger partial charge in [-0.2, -0.15) is 0 Å². The van der Waals surface area contributed by atoms with E-state index in [2.05, 4.69) is 4.98 Å². The van der Waals surface area contributed by atoms with Crippen LogP contribution in [0.15, 0.2) is 24.4 Å². The summed E-state index contributed by atoms with van der Waals surface area (Å²) in [5.41, 5.74) is 4.46. The van der Waals surface area contributed by atoms with Gasteiger partial charge >= 0.3 is 0 Å². The first-order chi connectivity index (χ1) is 9.95. The zero-order chi connectivity index (χ0) is 15.6. The van der Waals surface area contributed by atoms with E-state index in [1.807, 2.05) is 39.0 Å². The zero-order valence-electron chi connectivity index (χ0n) is 12.8. The van der Waals surface area contributed by atoms with Crippen LogP contribution in [-0.2, 0) is 6.42 Å². The van der Waals surface area contributed by atoms with E-state index >= 15 is 0 Å². The highest BCUT2D eigenvalue weighted by molar-refractivity contribution is 6.32. The lowest BCUT2D eigenvalue weighted by atomic mass is 9.99. The van der Waals surface area contributed by atoms with Gasteiger partial charge in [0.2, 0.25) is 0 Å². The van der Waals surface area contributed by atoms with Crippen molar-refractivity contribution in [3.63, 3.8) is 0 Å². The third-order valence-electron chi connectivity index (χ3n) is 3.72. The molecule has 0 aliphatic heterocycles. The smallest absolute Gasteiger partial charge is 0.128 e. The highest BCUT2D eigenvalue weighted by Crippen LogP contribution is 2.31. The van der Waals surface area contributed by atoms with Crippen molar-refractivity contribution in [1.29, 1.82) is 0 Å². The summed E-state index contributed by atoms with van der Waals surface area (Å²) in [6, 6.07) is 5.67. The number of benzene rings is 1. The van der Waals surface area contributed by atoms with Crippen molar-refractivity contribution >= 4 is 11.6 Å². The molecule has 0 radical (unpaired) electrons. The lowest BCUT2D eigenvalue weighted by molar-refractivity contribution is 0.177. The second-order valence-corrected chi connectivity index (χ2v) is 5.62. The quantitative estimate of drug-likeness (QED) is 0.930.